The van der Waals surface area contributed by atoms with Gasteiger partial charge in [-0.05, 0) is 63.6 Å². The summed E-state index contributed by atoms with van der Waals surface area (Å²) in [5.41, 5.74) is 1.00. The fourth-order valence-corrected chi connectivity index (χ4v) is 2.23. The summed E-state index contributed by atoms with van der Waals surface area (Å²) in [6, 6.07) is 8.11. The van der Waals surface area contributed by atoms with Gasteiger partial charge >= 0.3 is 0 Å². The zero-order valence-corrected chi connectivity index (χ0v) is 13.5. The van der Waals surface area contributed by atoms with Crippen LogP contribution in [-0.4, -0.2) is 16.5 Å². The number of nitrogens with zero attached hydrogens (tertiary/aromatic N) is 2. The van der Waals surface area contributed by atoms with Gasteiger partial charge in [-0.25, -0.2) is 4.98 Å². The molecule has 0 atom stereocenters. The lowest BCUT2D eigenvalue weighted by Gasteiger charge is -2.09. The third kappa shape index (κ3) is 3.55. The van der Waals surface area contributed by atoms with Crippen LogP contribution in [0.15, 0.2) is 34.9 Å². The lowest BCUT2D eigenvalue weighted by atomic mass is 10.3. The lowest BCUT2D eigenvalue weighted by Crippen LogP contribution is -2.04. The zero-order chi connectivity index (χ0) is 13.0. The van der Waals surface area contributed by atoms with Crippen molar-refractivity contribution in [2.45, 2.75) is 6.92 Å². The predicted octanol–water partition coefficient (Wildman–Crippen LogP) is 4.02. The average molecular weight is 419 g/mol. The largest absolute Gasteiger partial charge is 0.354 e. The molecule has 0 fully saturated rings. The van der Waals surface area contributed by atoms with E-state index >= 15 is 0 Å². The number of halogens is 2. The minimum absolute atomic E-state index is 0.619. The van der Waals surface area contributed by atoms with Gasteiger partial charge in [-0.2, -0.15) is 4.98 Å². The Hall–Kier alpha value is -0.890. The maximum atomic E-state index is 4.40. The number of nitrogens with one attached hydrogen (secondary N) is 2. The standard InChI is InChI=1S/C12H12BrIN4/c1-2-15-12-16-7-10(13)11(18-12)17-9-5-3-4-8(14)6-9/h3-7H,2H2,1H3,(H2,15,16,17,18). The van der Waals surface area contributed by atoms with E-state index < -0.39 is 0 Å². The first-order valence-electron chi connectivity index (χ1n) is 5.48. The zero-order valence-electron chi connectivity index (χ0n) is 9.74. The Morgan fingerprint density at radius 1 is 1.39 bits per heavy atom. The minimum atomic E-state index is 0.619. The molecule has 18 heavy (non-hydrogen) atoms. The highest BCUT2D eigenvalue weighted by molar-refractivity contribution is 14.1. The van der Waals surface area contributed by atoms with Crippen molar-refractivity contribution in [1.29, 1.82) is 0 Å². The summed E-state index contributed by atoms with van der Waals surface area (Å²) in [5, 5.41) is 6.36. The Morgan fingerprint density at radius 2 is 2.22 bits per heavy atom. The summed E-state index contributed by atoms with van der Waals surface area (Å²) in [5.74, 6) is 1.37. The molecule has 2 aromatic rings. The third-order valence-electron chi connectivity index (χ3n) is 2.17. The molecule has 94 valence electrons. The average Bonchev–Trinajstić information content (AvgIpc) is 2.34. The molecule has 0 unspecified atom stereocenters. The van der Waals surface area contributed by atoms with Crippen molar-refractivity contribution >= 4 is 56.0 Å². The molecule has 0 spiro atoms. The number of rotatable bonds is 4. The number of aromatic nitrogens is 2. The molecule has 0 aliphatic heterocycles. The summed E-state index contributed by atoms with van der Waals surface area (Å²) in [4.78, 5) is 8.58. The van der Waals surface area contributed by atoms with E-state index in [4.69, 9.17) is 0 Å². The Kier molecular flexibility index (Phi) is 4.76. The molecule has 0 aliphatic rings. The number of hydrogen-bond donors (Lipinski definition) is 2. The molecule has 2 rings (SSSR count). The van der Waals surface area contributed by atoms with Gasteiger partial charge in [-0.1, -0.05) is 6.07 Å². The third-order valence-corrected chi connectivity index (χ3v) is 3.42. The van der Waals surface area contributed by atoms with Crippen LogP contribution in [-0.2, 0) is 0 Å². The van der Waals surface area contributed by atoms with E-state index in [1.807, 2.05) is 25.1 Å². The molecule has 0 bridgehead atoms. The summed E-state index contributed by atoms with van der Waals surface area (Å²) in [7, 11) is 0. The Morgan fingerprint density at radius 3 is 2.94 bits per heavy atom. The highest BCUT2D eigenvalue weighted by atomic mass is 127. The van der Waals surface area contributed by atoms with E-state index in [9.17, 15) is 0 Å². The van der Waals surface area contributed by atoms with Crippen LogP contribution in [0.1, 0.15) is 6.92 Å². The van der Waals surface area contributed by atoms with Crippen molar-refractivity contribution < 1.29 is 0 Å². The number of benzene rings is 1. The molecular formula is C12H12BrIN4. The van der Waals surface area contributed by atoms with Crippen LogP contribution in [0, 0.1) is 3.57 Å². The van der Waals surface area contributed by atoms with Gasteiger partial charge in [0.15, 0.2) is 0 Å². The first kappa shape index (κ1) is 13.5. The van der Waals surface area contributed by atoms with Gasteiger partial charge in [0.25, 0.3) is 0 Å². The van der Waals surface area contributed by atoms with Gasteiger partial charge in [0.1, 0.15) is 5.82 Å². The van der Waals surface area contributed by atoms with Gasteiger partial charge in [-0.15, -0.1) is 0 Å². The predicted molar refractivity (Wildman–Crippen MR) is 86.3 cm³/mol. The van der Waals surface area contributed by atoms with Crippen molar-refractivity contribution in [3.8, 4) is 0 Å². The van der Waals surface area contributed by atoms with E-state index in [1.165, 1.54) is 3.57 Å². The first-order chi connectivity index (χ1) is 8.69. The number of hydrogen-bond acceptors (Lipinski definition) is 4. The molecule has 4 nitrogen and oxygen atoms in total. The van der Waals surface area contributed by atoms with E-state index in [0.29, 0.717) is 5.95 Å². The molecule has 1 heterocycles. The summed E-state index contributed by atoms with van der Waals surface area (Å²) >= 11 is 5.72. The van der Waals surface area contributed by atoms with Crippen molar-refractivity contribution in [3.63, 3.8) is 0 Å². The molecule has 0 saturated carbocycles. The van der Waals surface area contributed by atoms with E-state index in [1.54, 1.807) is 6.20 Å². The Labute approximate surface area is 128 Å². The number of anilines is 3. The van der Waals surface area contributed by atoms with Gasteiger partial charge in [-0.3, -0.25) is 0 Å². The maximum absolute atomic E-state index is 4.40. The Balaban J connectivity index is 2.25. The van der Waals surface area contributed by atoms with Gasteiger partial charge in [0, 0.05) is 22.0 Å². The van der Waals surface area contributed by atoms with Crippen LogP contribution >= 0.6 is 38.5 Å². The molecule has 0 radical (unpaired) electrons. The molecule has 0 amide bonds. The van der Waals surface area contributed by atoms with E-state index in [2.05, 4.69) is 65.2 Å². The van der Waals surface area contributed by atoms with E-state index in [-0.39, 0.29) is 0 Å². The molecule has 6 heteroatoms. The summed E-state index contributed by atoms with van der Waals surface area (Å²) < 4.78 is 2.01. The van der Waals surface area contributed by atoms with Gasteiger partial charge in [0.2, 0.25) is 5.95 Å². The Bertz CT molecular complexity index is 547. The molecule has 2 N–H and O–H groups in total. The molecular weight excluding hydrogens is 407 g/mol. The van der Waals surface area contributed by atoms with Gasteiger partial charge in [0.05, 0.1) is 4.47 Å². The van der Waals surface area contributed by atoms with Crippen LogP contribution in [0.2, 0.25) is 0 Å². The highest BCUT2D eigenvalue weighted by Gasteiger charge is 2.05. The molecule has 1 aromatic carbocycles. The van der Waals surface area contributed by atoms with Crippen LogP contribution < -0.4 is 10.6 Å². The van der Waals surface area contributed by atoms with Crippen LogP contribution in [0.3, 0.4) is 0 Å². The van der Waals surface area contributed by atoms with Crippen molar-refractivity contribution in [1.82, 2.24) is 9.97 Å². The second-order valence-corrected chi connectivity index (χ2v) is 5.66. The summed E-state index contributed by atoms with van der Waals surface area (Å²) in [6.45, 7) is 2.81. The normalized spacial score (nSPS) is 10.2. The fourth-order valence-electron chi connectivity index (χ4n) is 1.40. The van der Waals surface area contributed by atoms with Crippen LogP contribution in [0.5, 0.6) is 0 Å². The van der Waals surface area contributed by atoms with E-state index in [0.717, 1.165) is 22.5 Å². The maximum Gasteiger partial charge on any atom is 0.224 e. The minimum Gasteiger partial charge on any atom is -0.354 e. The van der Waals surface area contributed by atoms with Crippen LogP contribution in [0.25, 0.3) is 0 Å². The topological polar surface area (TPSA) is 49.8 Å². The van der Waals surface area contributed by atoms with Crippen molar-refractivity contribution in [3.05, 3.63) is 38.5 Å². The van der Waals surface area contributed by atoms with Crippen molar-refractivity contribution in [2.75, 3.05) is 17.2 Å². The smallest absolute Gasteiger partial charge is 0.224 e. The SMILES string of the molecule is CCNc1ncc(Br)c(Nc2cccc(I)c2)n1. The van der Waals surface area contributed by atoms with Crippen LogP contribution in [0.4, 0.5) is 17.5 Å². The summed E-state index contributed by atoms with van der Waals surface area (Å²) in [6.07, 6.45) is 1.74. The highest BCUT2D eigenvalue weighted by Crippen LogP contribution is 2.24. The quantitative estimate of drug-likeness (QED) is 0.736. The van der Waals surface area contributed by atoms with Crippen molar-refractivity contribution in [2.24, 2.45) is 0 Å². The first-order valence-corrected chi connectivity index (χ1v) is 7.35. The molecule has 1 aromatic heterocycles. The monoisotopic (exact) mass is 418 g/mol. The fraction of sp³-hybridized carbons (Fsp3) is 0.167. The molecule has 0 saturated heterocycles. The lowest BCUT2D eigenvalue weighted by molar-refractivity contribution is 1.08. The van der Waals surface area contributed by atoms with Gasteiger partial charge < -0.3 is 10.6 Å². The molecule has 0 aliphatic carbocycles. The second kappa shape index (κ2) is 6.33. The second-order valence-electron chi connectivity index (χ2n) is 3.56.